The number of benzene rings is 2. The maximum atomic E-state index is 13.5. The minimum absolute atomic E-state index is 0.0148. The number of carbonyl (C=O) groups is 3. The Labute approximate surface area is 178 Å². The van der Waals surface area contributed by atoms with Crippen molar-refractivity contribution in [1.29, 1.82) is 0 Å². The molecular formula is C23H21FN2O5. The van der Waals surface area contributed by atoms with Crippen LogP contribution in [-0.4, -0.2) is 23.0 Å². The lowest BCUT2D eigenvalue weighted by atomic mass is 9.88. The lowest BCUT2D eigenvalue weighted by Gasteiger charge is -2.20. The Kier molecular flexibility index (Phi) is 5.70. The second-order valence-electron chi connectivity index (χ2n) is 7.60. The van der Waals surface area contributed by atoms with E-state index in [1.165, 1.54) is 12.1 Å². The zero-order valence-electron chi connectivity index (χ0n) is 16.6. The normalized spacial score (nSPS) is 18.4. The highest BCUT2D eigenvalue weighted by Gasteiger charge is 2.37. The molecule has 1 aliphatic carbocycles. The summed E-state index contributed by atoms with van der Waals surface area (Å²) >= 11 is 0. The number of phenolic OH excluding ortho intramolecular Hbond substituents is 1. The van der Waals surface area contributed by atoms with Crippen molar-refractivity contribution in [3.05, 3.63) is 59.6 Å². The number of rotatable bonds is 4. The van der Waals surface area contributed by atoms with E-state index in [-0.39, 0.29) is 28.8 Å². The van der Waals surface area contributed by atoms with E-state index in [2.05, 4.69) is 5.32 Å². The van der Waals surface area contributed by atoms with Crippen LogP contribution in [-0.2, 0) is 14.3 Å². The van der Waals surface area contributed by atoms with E-state index in [1.807, 2.05) is 0 Å². The van der Waals surface area contributed by atoms with Gasteiger partial charge in [0.1, 0.15) is 0 Å². The number of anilines is 2. The molecule has 2 fully saturated rings. The van der Waals surface area contributed by atoms with Crippen LogP contribution in [0.1, 0.15) is 37.7 Å². The summed E-state index contributed by atoms with van der Waals surface area (Å²) in [6.07, 6.45) is 5.40. The first-order valence-electron chi connectivity index (χ1n) is 10.1. The minimum Gasteiger partial charge on any atom is -0.505 e. The van der Waals surface area contributed by atoms with E-state index < -0.39 is 23.6 Å². The van der Waals surface area contributed by atoms with Gasteiger partial charge in [0.25, 0.3) is 0 Å². The molecule has 2 aliphatic rings. The van der Waals surface area contributed by atoms with Crippen LogP contribution >= 0.6 is 0 Å². The van der Waals surface area contributed by atoms with Gasteiger partial charge in [-0.15, -0.1) is 0 Å². The summed E-state index contributed by atoms with van der Waals surface area (Å²) in [5.41, 5.74) is 1.12. The standard InChI is InChI=1S/C23H21FN2O5/c24-18-12-14(6-11-19(18)27)13-20-22(29)26(23(30)31-20)17-9-7-16(8-10-17)25-21(28)15-4-2-1-3-5-15/h6-13,15,27H,1-5H2,(H,25,28). The Balaban J connectivity index is 1.47. The molecule has 2 aromatic carbocycles. The molecule has 1 aliphatic heterocycles. The predicted octanol–water partition coefficient (Wildman–Crippen LogP) is 4.57. The second kappa shape index (κ2) is 8.59. The van der Waals surface area contributed by atoms with Gasteiger partial charge in [0.05, 0.1) is 5.69 Å². The van der Waals surface area contributed by atoms with Gasteiger partial charge in [-0.05, 0) is 60.9 Å². The van der Waals surface area contributed by atoms with Crippen molar-refractivity contribution in [3.8, 4) is 5.75 Å². The first-order chi connectivity index (χ1) is 14.9. The molecule has 8 heteroatoms. The molecule has 3 amide bonds. The average Bonchev–Trinajstić information content (AvgIpc) is 3.05. The van der Waals surface area contributed by atoms with Crippen LogP contribution < -0.4 is 10.2 Å². The fourth-order valence-corrected chi connectivity index (χ4v) is 3.76. The topological polar surface area (TPSA) is 95.9 Å². The number of phenols is 1. The van der Waals surface area contributed by atoms with E-state index in [9.17, 15) is 23.9 Å². The van der Waals surface area contributed by atoms with Crippen molar-refractivity contribution < 1.29 is 28.6 Å². The van der Waals surface area contributed by atoms with Crippen LogP contribution in [0.15, 0.2) is 48.2 Å². The summed E-state index contributed by atoms with van der Waals surface area (Å²) in [7, 11) is 0. The van der Waals surface area contributed by atoms with E-state index in [4.69, 9.17) is 4.74 Å². The van der Waals surface area contributed by atoms with Crippen molar-refractivity contribution in [2.24, 2.45) is 5.92 Å². The highest BCUT2D eigenvalue weighted by Crippen LogP contribution is 2.29. The van der Waals surface area contributed by atoms with Gasteiger partial charge in [-0.25, -0.2) is 14.1 Å². The molecule has 0 bridgehead atoms. The minimum atomic E-state index is -0.880. The zero-order valence-corrected chi connectivity index (χ0v) is 16.6. The van der Waals surface area contributed by atoms with Gasteiger partial charge in [0.2, 0.25) is 5.91 Å². The molecule has 31 heavy (non-hydrogen) atoms. The second-order valence-corrected chi connectivity index (χ2v) is 7.60. The lowest BCUT2D eigenvalue weighted by molar-refractivity contribution is -0.120. The van der Waals surface area contributed by atoms with E-state index in [0.29, 0.717) is 5.69 Å². The Hall–Kier alpha value is -3.68. The molecule has 1 saturated carbocycles. The Morgan fingerprint density at radius 3 is 2.48 bits per heavy atom. The van der Waals surface area contributed by atoms with Crippen LogP contribution in [0.3, 0.4) is 0 Å². The summed E-state index contributed by atoms with van der Waals surface area (Å²) in [6.45, 7) is 0. The van der Waals surface area contributed by atoms with Crippen LogP contribution in [0.25, 0.3) is 6.08 Å². The summed E-state index contributed by atoms with van der Waals surface area (Å²) in [4.78, 5) is 38.1. The number of hydrogen-bond donors (Lipinski definition) is 2. The maximum Gasteiger partial charge on any atom is 0.427 e. The molecule has 2 N–H and O–H groups in total. The highest BCUT2D eigenvalue weighted by atomic mass is 19.1. The fraction of sp³-hybridized carbons (Fsp3) is 0.261. The zero-order chi connectivity index (χ0) is 22.0. The van der Waals surface area contributed by atoms with Gasteiger partial charge in [-0.2, -0.15) is 0 Å². The lowest BCUT2D eigenvalue weighted by Crippen LogP contribution is -2.28. The predicted molar refractivity (Wildman–Crippen MR) is 112 cm³/mol. The first-order valence-corrected chi connectivity index (χ1v) is 10.1. The number of carbonyl (C=O) groups excluding carboxylic acids is 3. The number of amides is 3. The number of hydrogen-bond acceptors (Lipinski definition) is 5. The number of halogens is 1. The Morgan fingerprint density at radius 2 is 1.81 bits per heavy atom. The van der Waals surface area contributed by atoms with Crippen LogP contribution in [0.4, 0.5) is 20.6 Å². The summed E-state index contributed by atoms with van der Waals surface area (Å²) in [5, 5.41) is 12.1. The molecular weight excluding hydrogens is 403 g/mol. The average molecular weight is 424 g/mol. The van der Waals surface area contributed by atoms with Crippen LogP contribution in [0.2, 0.25) is 0 Å². The number of nitrogens with zero attached hydrogens (tertiary/aromatic N) is 1. The summed E-state index contributed by atoms with van der Waals surface area (Å²) in [5.74, 6) is -2.33. The number of ether oxygens (including phenoxy) is 1. The Morgan fingerprint density at radius 1 is 1.10 bits per heavy atom. The molecule has 1 heterocycles. The van der Waals surface area contributed by atoms with Gasteiger partial charge in [0.15, 0.2) is 17.3 Å². The van der Waals surface area contributed by atoms with E-state index >= 15 is 0 Å². The van der Waals surface area contributed by atoms with Crippen molar-refractivity contribution in [2.75, 3.05) is 10.2 Å². The van der Waals surface area contributed by atoms with Crippen molar-refractivity contribution in [1.82, 2.24) is 0 Å². The largest absolute Gasteiger partial charge is 0.505 e. The van der Waals surface area contributed by atoms with Crippen molar-refractivity contribution >= 4 is 35.4 Å². The van der Waals surface area contributed by atoms with Crippen molar-refractivity contribution in [2.45, 2.75) is 32.1 Å². The molecule has 4 rings (SSSR count). The number of cyclic esters (lactones) is 1. The highest BCUT2D eigenvalue weighted by molar-refractivity contribution is 6.24. The smallest absolute Gasteiger partial charge is 0.427 e. The fourth-order valence-electron chi connectivity index (χ4n) is 3.76. The molecule has 1 saturated heterocycles. The quantitative estimate of drug-likeness (QED) is 0.701. The third-order valence-electron chi connectivity index (χ3n) is 5.43. The third-order valence-corrected chi connectivity index (χ3v) is 5.43. The van der Waals surface area contributed by atoms with Gasteiger partial charge < -0.3 is 15.2 Å². The molecule has 0 unspecified atom stereocenters. The summed E-state index contributed by atoms with van der Waals surface area (Å²) in [6, 6.07) is 9.87. The van der Waals surface area contributed by atoms with Gasteiger partial charge >= 0.3 is 12.0 Å². The van der Waals surface area contributed by atoms with Gasteiger partial charge in [-0.3, -0.25) is 9.59 Å². The van der Waals surface area contributed by atoms with Crippen LogP contribution in [0.5, 0.6) is 5.75 Å². The van der Waals surface area contributed by atoms with E-state index in [0.717, 1.165) is 49.1 Å². The number of nitrogens with one attached hydrogen (secondary N) is 1. The van der Waals surface area contributed by atoms with Gasteiger partial charge in [0, 0.05) is 11.6 Å². The third kappa shape index (κ3) is 4.42. The number of aromatic hydroxyl groups is 1. The van der Waals surface area contributed by atoms with Crippen molar-refractivity contribution in [3.63, 3.8) is 0 Å². The number of imide groups is 1. The maximum absolute atomic E-state index is 13.5. The molecule has 7 nitrogen and oxygen atoms in total. The summed E-state index contributed by atoms with van der Waals surface area (Å²) < 4.78 is 18.5. The Bertz CT molecular complexity index is 1060. The first kappa shape index (κ1) is 20.6. The monoisotopic (exact) mass is 424 g/mol. The van der Waals surface area contributed by atoms with Crippen LogP contribution in [0, 0.1) is 11.7 Å². The molecule has 0 spiro atoms. The van der Waals surface area contributed by atoms with E-state index in [1.54, 1.807) is 24.3 Å². The molecule has 0 atom stereocenters. The molecule has 2 aromatic rings. The van der Waals surface area contributed by atoms with Gasteiger partial charge in [-0.1, -0.05) is 25.3 Å². The molecule has 160 valence electrons. The SMILES string of the molecule is O=C(Nc1ccc(N2C(=O)OC(=Cc3ccc(O)c(F)c3)C2=O)cc1)C1CCCCC1. The molecule has 0 aromatic heterocycles. The molecule has 0 radical (unpaired) electrons.